The molecule has 0 aromatic carbocycles. The molecule has 1 atom stereocenters. The summed E-state index contributed by atoms with van der Waals surface area (Å²) in [5, 5.41) is 0. The standard InChI is InChI=1S/C15H26N2O4/c1-15(2,3)21-11-13(18)16-6-8-17(9-7-16)14(19)12-5-4-10-20-12/h12H,4-11H2,1-3H3. The van der Waals surface area contributed by atoms with Crippen LogP contribution in [0.4, 0.5) is 0 Å². The van der Waals surface area contributed by atoms with Crippen LogP contribution < -0.4 is 0 Å². The monoisotopic (exact) mass is 298 g/mol. The zero-order valence-corrected chi connectivity index (χ0v) is 13.3. The maximum absolute atomic E-state index is 12.2. The van der Waals surface area contributed by atoms with Crippen LogP contribution in [0, 0.1) is 0 Å². The molecule has 0 spiro atoms. The Kier molecular flexibility index (Phi) is 5.22. The van der Waals surface area contributed by atoms with E-state index in [0.29, 0.717) is 32.8 Å². The molecule has 2 rings (SSSR count). The Labute approximate surface area is 126 Å². The third-order valence-electron chi connectivity index (χ3n) is 3.78. The number of ether oxygens (including phenoxy) is 2. The smallest absolute Gasteiger partial charge is 0.251 e. The lowest BCUT2D eigenvalue weighted by atomic mass is 10.2. The van der Waals surface area contributed by atoms with Gasteiger partial charge >= 0.3 is 0 Å². The number of piperazine rings is 1. The molecule has 0 aromatic rings. The highest BCUT2D eigenvalue weighted by Crippen LogP contribution is 2.16. The summed E-state index contributed by atoms with van der Waals surface area (Å²) in [5.41, 5.74) is -0.312. The van der Waals surface area contributed by atoms with E-state index in [1.807, 2.05) is 25.7 Å². The lowest BCUT2D eigenvalue weighted by Gasteiger charge is -2.36. The zero-order chi connectivity index (χ0) is 15.5. The van der Waals surface area contributed by atoms with Gasteiger partial charge in [0.15, 0.2) is 0 Å². The molecule has 0 saturated carbocycles. The molecule has 6 nitrogen and oxygen atoms in total. The van der Waals surface area contributed by atoms with Gasteiger partial charge in [0.05, 0.1) is 5.60 Å². The molecule has 2 aliphatic heterocycles. The van der Waals surface area contributed by atoms with Gasteiger partial charge in [-0.25, -0.2) is 0 Å². The van der Waals surface area contributed by atoms with Crippen LogP contribution in [0.3, 0.4) is 0 Å². The molecule has 0 bridgehead atoms. The van der Waals surface area contributed by atoms with Gasteiger partial charge in [0.1, 0.15) is 12.7 Å². The zero-order valence-electron chi connectivity index (χ0n) is 13.3. The van der Waals surface area contributed by atoms with Gasteiger partial charge in [0, 0.05) is 32.8 Å². The Hall–Kier alpha value is -1.14. The van der Waals surface area contributed by atoms with E-state index in [2.05, 4.69) is 0 Å². The Bertz CT molecular complexity index is 378. The normalized spacial score (nSPS) is 23.5. The topological polar surface area (TPSA) is 59.1 Å². The highest BCUT2D eigenvalue weighted by molar-refractivity contribution is 5.82. The third kappa shape index (κ3) is 4.68. The largest absolute Gasteiger partial charge is 0.368 e. The number of amides is 2. The molecule has 2 heterocycles. The highest BCUT2D eigenvalue weighted by atomic mass is 16.5. The Morgan fingerprint density at radius 3 is 2.29 bits per heavy atom. The van der Waals surface area contributed by atoms with E-state index in [9.17, 15) is 9.59 Å². The average molecular weight is 298 g/mol. The van der Waals surface area contributed by atoms with E-state index in [4.69, 9.17) is 9.47 Å². The summed E-state index contributed by atoms with van der Waals surface area (Å²) in [7, 11) is 0. The first-order chi connectivity index (χ1) is 9.87. The molecule has 2 fully saturated rings. The summed E-state index contributed by atoms with van der Waals surface area (Å²) in [6.45, 7) is 8.88. The first kappa shape index (κ1) is 16.2. The molecule has 0 aromatic heterocycles. The van der Waals surface area contributed by atoms with Crippen molar-refractivity contribution in [2.45, 2.75) is 45.3 Å². The summed E-state index contributed by atoms with van der Waals surface area (Å²) in [6.07, 6.45) is 1.51. The molecule has 120 valence electrons. The van der Waals surface area contributed by atoms with E-state index in [1.54, 1.807) is 4.90 Å². The maximum atomic E-state index is 12.2. The second-order valence-corrected chi connectivity index (χ2v) is 6.61. The summed E-state index contributed by atoms with van der Waals surface area (Å²) >= 11 is 0. The number of nitrogens with zero attached hydrogens (tertiary/aromatic N) is 2. The van der Waals surface area contributed by atoms with Crippen molar-refractivity contribution in [2.75, 3.05) is 39.4 Å². The number of carbonyl (C=O) groups excluding carboxylic acids is 2. The van der Waals surface area contributed by atoms with Crippen LogP contribution in [-0.4, -0.2) is 72.7 Å². The van der Waals surface area contributed by atoms with Crippen molar-refractivity contribution in [1.82, 2.24) is 9.80 Å². The molecule has 0 radical (unpaired) electrons. The van der Waals surface area contributed by atoms with Gasteiger partial charge in [-0.15, -0.1) is 0 Å². The maximum Gasteiger partial charge on any atom is 0.251 e. The quantitative estimate of drug-likeness (QED) is 0.768. The first-order valence-electron chi connectivity index (χ1n) is 7.69. The molecular formula is C15H26N2O4. The molecule has 2 amide bonds. The predicted molar refractivity (Wildman–Crippen MR) is 77.8 cm³/mol. The van der Waals surface area contributed by atoms with E-state index in [-0.39, 0.29) is 30.1 Å². The van der Waals surface area contributed by atoms with Gasteiger partial charge in [-0.05, 0) is 33.6 Å². The molecule has 2 aliphatic rings. The molecule has 0 aliphatic carbocycles. The van der Waals surface area contributed by atoms with Gasteiger partial charge in [-0.2, -0.15) is 0 Å². The van der Waals surface area contributed by atoms with Crippen LogP contribution in [0.5, 0.6) is 0 Å². The van der Waals surface area contributed by atoms with E-state index < -0.39 is 0 Å². The van der Waals surface area contributed by atoms with Crippen molar-refractivity contribution in [3.05, 3.63) is 0 Å². The van der Waals surface area contributed by atoms with Crippen molar-refractivity contribution >= 4 is 11.8 Å². The van der Waals surface area contributed by atoms with Gasteiger partial charge < -0.3 is 19.3 Å². The van der Waals surface area contributed by atoms with E-state index >= 15 is 0 Å². The number of rotatable bonds is 3. The lowest BCUT2D eigenvalue weighted by Crippen LogP contribution is -2.53. The van der Waals surface area contributed by atoms with Crippen LogP contribution >= 0.6 is 0 Å². The molecule has 0 N–H and O–H groups in total. The third-order valence-corrected chi connectivity index (χ3v) is 3.78. The van der Waals surface area contributed by atoms with Crippen LogP contribution in [0.1, 0.15) is 33.6 Å². The summed E-state index contributed by atoms with van der Waals surface area (Å²) < 4.78 is 10.9. The molecule has 2 saturated heterocycles. The fourth-order valence-electron chi connectivity index (χ4n) is 2.52. The minimum atomic E-state index is -0.312. The van der Waals surface area contributed by atoms with Gasteiger partial charge in [0.25, 0.3) is 5.91 Å². The second kappa shape index (κ2) is 6.75. The fraction of sp³-hybridized carbons (Fsp3) is 0.867. The number of hydrogen-bond acceptors (Lipinski definition) is 4. The number of carbonyl (C=O) groups is 2. The molecular weight excluding hydrogens is 272 g/mol. The van der Waals surface area contributed by atoms with Crippen LogP contribution in [-0.2, 0) is 19.1 Å². The van der Waals surface area contributed by atoms with Crippen molar-refractivity contribution in [2.24, 2.45) is 0 Å². The van der Waals surface area contributed by atoms with E-state index in [0.717, 1.165) is 12.8 Å². The summed E-state index contributed by atoms with van der Waals surface area (Å²) in [6, 6.07) is 0. The minimum Gasteiger partial charge on any atom is -0.368 e. The van der Waals surface area contributed by atoms with Crippen molar-refractivity contribution in [3.8, 4) is 0 Å². The van der Waals surface area contributed by atoms with Crippen LogP contribution in [0.2, 0.25) is 0 Å². The van der Waals surface area contributed by atoms with Gasteiger partial charge in [0.2, 0.25) is 5.91 Å². The van der Waals surface area contributed by atoms with Crippen LogP contribution in [0.15, 0.2) is 0 Å². The summed E-state index contributed by atoms with van der Waals surface area (Å²) in [4.78, 5) is 27.8. The van der Waals surface area contributed by atoms with Crippen LogP contribution in [0.25, 0.3) is 0 Å². The van der Waals surface area contributed by atoms with E-state index in [1.165, 1.54) is 0 Å². The Morgan fingerprint density at radius 1 is 1.14 bits per heavy atom. The Morgan fingerprint density at radius 2 is 1.76 bits per heavy atom. The van der Waals surface area contributed by atoms with Crippen molar-refractivity contribution < 1.29 is 19.1 Å². The van der Waals surface area contributed by atoms with Crippen molar-refractivity contribution in [3.63, 3.8) is 0 Å². The molecule has 21 heavy (non-hydrogen) atoms. The fourth-order valence-corrected chi connectivity index (χ4v) is 2.52. The van der Waals surface area contributed by atoms with Gasteiger partial charge in [-0.3, -0.25) is 9.59 Å². The average Bonchev–Trinajstić information content (AvgIpc) is 2.97. The summed E-state index contributed by atoms with van der Waals surface area (Å²) in [5.74, 6) is 0.0691. The Balaban J connectivity index is 1.74. The first-order valence-corrected chi connectivity index (χ1v) is 7.69. The SMILES string of the molecule is CC(C)(C)OCC(=O)N1CCN(C(=O)C2CCCO2)CC1. The number of hydrogen-bond donors (Lipinski definition) is 0. The predicted octanol–water partition coefficient (Wildman–Crippen LogP) is 0.651. The molecule has 6 heteroatoms. The van der Waals surface area contributed by atoms with Crippen molar-refractivity contribution in [1.29, 1.82) is 0 Å². The second-order valence-electron chi connectivity index (χ2n) is 6.61. The lowest BCUT2D eigenvalue weighted by molar-refractivity contribution is -0.149. The molecule has 1 unspecified atom stereocenters. The minimum absolute atomic E-state index is 0.00543. The highest BCUT2D eigenvalue weighted by Gasteiger charge is 2.31. The van der Waals surface area contributed by atoms with Gasteiger partial charge in [-0.1, -0.05) is 0 Å².